The Bertz CT molecular complexity index is 732. The first-order valence-electron chi connectivity index (χ1n) is 9.51. The molecule has 2 aromatic rings. The van der Waals surface area contributed by atoms with E-state index < -0.39 is 5.97 Å². The number of carbonyl (C=O) groups is 1. The number of nitrogens with one attached hydrogen (secondary N) is 1. The molecule has 0 amide bonds. The van der Waals surface area contributed by atoms with E-state index in [2.05, 4.69) is 42.6 Å². The number of carboxylic acid groups (broad SMARTS) is 1. The van der Waals surface area contributed by atoms with Crippen molar-refractivity contribution in [2.45, 2.75) is 32.6 Å². The molecule has 2 aromatic carbocycles. The van der Waals surface area contributed by atoms with E-state index in [1.54, 1.807) is 0 Å². The van der Waals surface area contributed by atoms with E-state index in [0.29, 0.717) is 13.1 Å². The number of hydrogen-bond acceptors (Lipinski definition) is 3. The zero-order valence-corrected chi connectivity index (χ0v) is 17.2. The first-order chi connectivity index (χ1) is 13.1. The molecule has 0 aromatic heterocycles. The number of rotatable bonds is 12. The van der Waals surface area contributed by atoms with Crippen LogP contribution in [-0.4, -0.2) is 30.8 Å². The summed E-state index contributed by atoms with van der Waals surface area (Å²) in [5.41, 5.74) is 3.62. The van der Waals surface area contributed by atoms with E-state index in [-0.39, 0.29) is 18.8 Å². The fourth-order valence-corrected chi connectivity index (χ4v) is 2.77. The predicted molar refractivity (Wildman–Crippen MR) is 117 cm³/mol. The highest BCUT2D eigenvalue weighted by Crippen LogP contribution is 2.20. The van der Waals surface area contributed by atoms with E-state index >= 15 is 0 Å². The average molecular weight is 404 g/mol. The standard InChI is InChI=1S/C23H29NO3.ClH/c1-19-18-21(11-7-15-24-16-14-23(25)26)12-13-22(19)27-17-6-5-10-20-8-3-2-4-9-20;/h2-4,7-9,11-13,18,24H,5-6,10,14-17H2,1H3,(H,25,26);1H/b11-7+;. The molecule has 0 saturated carbocycles. The van der Waals surface area contributed by atoms with Gasteiger partial charge in [0.2, 0.25) is 0 Å². The van der Waals surface area contributed by atoms with E-state index in [9.17, 15) is 4.79 Å². The summed E-state index contributed by atoms with van der Waals surface area (Å²) in [6.45, 7) is 3.93. The van der Waals surface area contributed by atoms with Crippen LogP contribution in [-0.2, 0) is 11.2 Å². The minimum atomic E-state index is -0.780. The van der Waals surface area contributed by atoms with Gasteiger partial charge in [-0.05, 0) is 55.0 Å². The van der Waals surface area contributed by atoms with Gasteiger partial charge in [0.25, 0.3) is 0 Å². The minimum Gasteiger partial charge on any atom is -0.493 e. The normalized spacial score (nSPS) is 10.6. The molecule has 0 bridgehead atoms. The Balaban J connectivity index is 0.00000392. The van der Waals surface area contributed by atoms with Crippen LogP contribution in [0.2, 0.25) is 0 Å². The summed E-state index contributed by atoms with van der Waals surface area (Å²) in [7, 11) is 0. The quantitative estimate of drug-likeness (QED) is 0.495. The highest BCUT2D eigenvalue weighted by atomic mass is 35.5. The average Bonchev–Trinajstić information content (AvgIpc) is 2.66. The van der Waals surface area contributed by atoms with Gasteiger partial charge in [0, 0.05) is 13.1 Å². The van der Waals surface area contributed by atoms with Crippen molar-refractivity contribution in [3.63, 3.8) is 0 Å². The van der Waals surface area contributed by atoms with Crippen molar-refractivity contribution in [2.24, 2.45) is 0 Å². The van der Waals surface area contributed by atoms with Crippen LogP contribution in [0.3, 0.4) is 0 Å². The van der Waals surface area contributed by atoms with Gasteiger partial charge in [-0.25, -0.2) is 0 Å². The Morgan fingerprint density at radius 3 is 2.64 bits per heavy atom. The molecule has 0 aliphatic rings. The zero-order chi connectivity index (χ0) is 19.3. The summed E-state index contributed by atoms with van der Waals surface area (Å²) < 4.78 is 5.92. The molecular formula is C23H30ClNO3. The van der Waals surface area contributed by atoms with E-state index in [4.69, 9.17) is 9.84 Å². The molecular weight excluding hydrogens is 374 g/mol. The molecule has 0 heterocycles. The van der Waals surface area contributed by atoms with Gasteiger partial charge in [-0.15, -0.1) is 12.4 Å². The second kappa shape index (κ2) is 13.8. The van der Waals surface area contributed by atoms with Crippen LogP contribution in [0.5, 0.6) is 5.75 Å². The van der Waals surface area contributed by atoms with Gasteiger partial charge in [-0.2, -0.15) is 0 Å². The highest BCUT2D eigenvalue weighted by Gasteiger charge is 2.01. The Kier molecular flexibility index (Phi) is 11.7. The number of carboxylic acids is 1. The largest absolute Gasteiger partial charge is 0.493 e. The Hall–Kier alpha value is -2.30. The molecule has 2 N–H and O–H groups in total. The molecule has 0 fully saturated rings. The predicted octanol–water partition coefficient (Wildman–Crippen LogP) is 4.90. The lowest BCUT2D eigenvalue weighted by Gasteiger charge is -2.10. The number of unbranched alkanes of at least 4 members (excludes halogenated alkanes) is 1. The first kappa shape index (κ1) is 23.7. The summed E-state index contributed by atoms with van der Waals surface area (Å²) >= 11 is 0. The molecule has 152 valence electrons. The highest BCUT2D eigenvalue weighted by molar-refractivity contribution is 5.85. The topological polar surface area (TPSA) is 58.6 Å². The van der Waals surface area contributed by atoms with Crippen LogP contribution < -0.4 is 10.1 Å². The van der Waals surface area contributed by atoms with Crippen molar-refractivity contribution < 1.29 is 14.6 Å². The molecule has 0 saturated heterocycles. The number of halogens is 1. The number of aliphatic carboxylic acids is 1. The van der Waals surface area contributed by atoms with Gasteiger partial charge in [0.15, 0.2) is 0 Å². The molecule has 4 nitrogen and oxygen atoms in total. The number of benzene rings is 2. The number of ether oxygens (including phenoxy) is 1. The molecule has 0 aliphatic carbocycles. The minimum absolute atomic E-state index is 0. The van der Waals surface area contributed by atoms with Crippen molar-refractivity contribution in [3.8, 4) is 5.75 Å². The Labute approximate surface area is 174 Å². The fraction of sp³-hybridized carbons (Fsp3) is 0.348. The number of aryl methyl sites for hydroxylation is 2. The lowest BCUT2D eigenvalue weighted by molar-refractivity contribution is -0.136. The van der Waals surface area contributed by atoms with Crippen LogP contribution in [0.4, 0.5) is 0 Å². The lowest BCUT2D eigenvalue weighted by atomic mass is 10.1. The molecule has 0 radical (unpaired) electrons. The van der Waals surface area contributed by atoms with E-state index in [0.717, 1.165) is 42.7 Å². The van der Waals surface area contributed by atoms with Gasteiger partial charge in [-0.3, -0.25) is 4.79 Å². The van der Waals surface area contributed by atoms with E-state index in [1.807, 2.05) is 30.4 Å². The third-order valence-electron chi connectivity index (χ3n) is 4.25. The van der Waals surface area contributed by atoms with Crippen molar-refractivity contribution in [2.75, 3.05) is 19.7 Å². The SMILES string of the molecule is Cc1cc(/C=C/CNCCC(=O)O)ccc1OCCCCc1ccccc1.Cl. The van der Waals surface area contributed by atoms with Crippen LogP contribution >= 0.6 is 12.4 Å². The number of hydrogen-bond donors (Lipinski definition) is 2. The van der Waals surface area contributed by atoms with Crippen LogP contribution in [0, 0.1) is 6.92 Å². The summed E-state index contributed by atoms with van der Waals surface area (Å²) in [6, 6.07) is 16.7. The maximum atomic E-state index is 10.4. The maximum Gasteiger partial charge on any atom is 0.304 e. The molecule has 2 rings (SSSR count). The van der Waals surface area contributed by atoms with Crippen LogP contribution in [0.25, 0.3) is 6.08 Å². The molecule has 28 heavy (non-hydrogen) atoms. The molecule has 0 spiro atoms. The van der Waals surface area contributed by atoms with Gasteiger partial charge in [0.1, 0.15) is 5.75 Å². The van der Waals surface area contributed by atoms with Crippen LogP contribution in [0.1, 0.15) is 36.0 Å². The molecule has 0 atom stereocenters. The second-order valence-corrected chi connectivity index (χ2v) is 6.57. The molecule has 0 aliphatic heterocycles. The van der Waals surface area contributed by atoms with Gasteiger partial charge in [0.05, 0.1) is 13.0 Å². The molecule has 5 heteroatoms. The van der Waals surface area contributed by atoms with Gasteiger partial charge >= 0.3 is 5.97 Å². The fourth-order valence-electron chi connectivity index (χ4n) is 2.77. The maximum absolute atomic E-state index is 10.4. The Morgan fingerprint density at radius 1 is 1.14 bits per heavy atom. The summed E-state index contributed by atoms with van der Waals surface area (Å²) in [5, 5.41) is 11.7. The van der Waals surface area contributed by atoms with Crippen molar-refractivity contribution in [1.82, 2.24) is 5.32 Å². The van der Waals surface area contributed by atoms with Crippen LogP contribution in [0.15, 0.2) is 54.6 Å². The Morgan fingerprint density at radius 2 is 1.93 bits per heavy atom. The summed E-state index contributed by atoms with van der Waals surface area (Å²) in [4.78, 5) is 10.4. The van der Waals surface area contributed by atoms with E-state index in [1.165, 1.54) is 5.56 Å². The lowest BCUT2D eigenvalue weighted by Crippen LogP contribution is -2.17. The van der Waals surface area contributed by atoms with Gasteiger partial charge in [-0.1, -0.05) is 48.6 Å². The second-order valence-electron chi connectivity index (χ2n) is 6.57. The van der Waals surface area contributed by atoms with Crippen molar-refractivity contribution in [3.05, 3.63) is 71.3 Å². The smallest absolute Gasteiger partial charge is 0.304 e. The summed E-state index contributed by atoms with van der Waals surface area (Å²) in [5.74, 6) is 0.157. The van der Waals surface area contributed by atoms with Crippen molar-refractivity contribution in [1.29, 1.82) is 0 Å². The van der Waals surface area contributed by atoms with Crippen molar-refractivity contribution >= 4 is 24.5 Å². The third-order valence-corrected chi connectivity index (χ3v) is 4.25. The monoisotopic (exact) mass is 403 g/mol. The zero-order valence-electron chi connectivity index (χ0n) is 16.4. The van der Waals surface area contributed by atoms with Gasteiger partial charge < -0.3 is 15.2 Å². The third kappa shape index (κ3) is 9.58. The summed E-state index contributed by atoms with van der Waals surface area (Å²) in [6.07, 6.45) is 7.43. The first-order valence-corrected chi connectivity index (χ1v) is 9.51. The molecule has 0 unspecified atom stereocenters.